The maximum Gasteiger partial charge on any atom is 0.411 e. The van der Waals surface area contributed by atoms with E-state index >= 15 is 0 Å². The minimum Gasteiger partial charge on any atom is -0.495 e. The molecule has 2 aromatic rings. The molecule has 26 heavy (non-hydrogen) atoms. The number of benzene rings is 2. The first-order chi connectivity index (χ1) is 12.4. The number of carbonyl (C=O) groups is 1. The van der Waals surface area contributed by atoms with Crippen molar-refractivity contribution in [2.24, 2.45) is 0 Å². The van der Waals surface area contributed by atoms with Gasteiger partial charge in [-0.1, -0.05) is 19.1 Å². The van der Waals surface area contributed by atoms with Crippen molar-refractivity contribution in [1.29, 1.82) is 0 Å². The second-order valence-electron chi connectivity index (χ2n) is 5.36. The Balaban J connectivity index is 2.28. The molecule has 0 unspecified atom stereocenters. The maximum absolute atomic E-state index is 12.6. The third-order valence-electron chi connectivity index (χ3n) is 3.61. The summed E-state index contributed by atoms with van der Waals surface area (Å²) in [6.07, 6.45) is 0.178. The number of nitrogens with one attached hydrogen (secondary N) is 2. The molecule has 0 saturated heterocycles. The summed E-state index contributed by atoms with van der Waals surface area (Å²) in [4.78, 5) is 11.6. The molecular weight excluding hydrogens is 356 g/mol. The van der Waals surface area contributed by atoms with Crippen LogP contribution in [0.3, 0.4) is 0 Å². The van der Waals surface area contributed by atoms with Crippen LogP contribution in [0.1, 0.15) is 19.4 Å². The molecule has 0 aliphatic carbocycles. The molecule has 0 aromatic heterocycles. The summed E-state index contributed by atoms with van der Waals surface area (Å²) in [6.45, 7) is 3.89. The molecule has 0 atom stereocenters. The van der Waals surface area contributed by atoms with Gasteiger partial charge in [0.1, 0.15) is 5.75 Å². The van der Waals surface area contributed by atoms with Crippen LogP contribution in [-0.4, -0.2) is 28.2 Å². The highest BCUT2D eigenvalue weighted by Gasteiger charge is 2.18. The molecule has 1 amide bonds. The highest BCUT2D eigenvalue weighted by molar-refractivity contribution is 7.92. The fourth-order valence-corrected chi connectivity index (χ4v) is 3.34. The van der Waals surface area contributed by atoms with Gasteiger partial charge in [0, 0.05) is 5.69 Å². The number of carbonyl (C=O) groups excluding carboxylic acids is 1. The smallest absolute Gasteiger partial charge is 0.411 e. The van der Waals surface area contributed by atoms with Crippen molar-refractivity contribution in [1.82, 2.24) is 0 Å². The van der Waals surface area contributed by atoms with Crippen molar-refractivity contribution in [3.63, 3.8) is 0 Å². The topological polar surface area (TPSA) is 93.7 Å². The van der Waals surface area contributed by atoms with E-state index in [9.17, 15) is 13.2 Å². The summed E-state index contributed by atoms with van der Waals surface area (Å²) in [5.74, 6) is 0.323. The molecule has 0 spiro atoms. The van der Waals surface area contributed by atoms with Crippen LogP contribution in [0.15, 0.2) is 47.4 Å². The summed E-state index contributed by atoms with van der Waals surface area (Å²) >= 11 is 0. The third-order valence-corrected chi connectivity index (χ3v) is 4.99. The normalized spacial score (nSPS) is 10.9. The molecule has 0 fully saturated rings. The molecule has 0 aliphatic rings. The molecule has 0 saturated carbocycles. The zero-order valence-corrected chi connectivity index (χ0v) is 15.7. The predicted molar refractivity (Wildman–Crippen MR) is 100 cm³/mol. The number of methoxy groups -OCH3 is 1. The van der Waals surface area contributed by atoms with Crippen LogP contribution in [0.25, 0.3) is 0 Å². The molecule has 0 heterocycles. The van der Waals surface area contributed by atoms with Gasteiger partial charge in [0.2, 0.25) is 0 Å². The molecule has 2 rings (SSSR count). The average molecular weight is 378 g/mol. The van der Waals surface area contributed by atoms with E-state index in [0.29, 0.717) is 11.4 Å². The van der Waals surface area contributed by atoms with E-state index in [2.05, 4.69) is 10.0 Å². The van der Waals surface area contributed by atoms with Crippen LogP contribution < -0.4 is 14.8 Å². The van der Waals surface area contributed by atoms with Crippen LogP contribution in [0.2, 0.25) is 0 Å². The fraction of sp³-hybridized carbons (Fsp3) is 0.278. The van der Waals surface area contributed by atoms with Gasteiger partial charge in [-0.05, 0) is 49.2 Å². The van der Waals surface area contributed by atoms with Crippen molar-refractivity contribution >= 4 is 27.5 Å². The minimum atomic E-state index is -3.83. The van der Waals surface area contributed by atoms with E-state index in [1.54, 1.807) is 19.1 Å². The van der Waals surface area contributed by atoms with Gasteiger partial charge in [-0.3, -0.25) is 10.0 Å². The van der Waals surface area contributed by atoms with Gasteiger partial charge in [0.05, 0.1) is 24.3 Å². The van der Waals surface area contributed by atoms with Gasteiger partial charge in [0.15, 0.2) is 0 Å². The lowest BCUT2D eigenvalue weighted by Gasteiger charge is -2.13. The van der Waals surface area contributed by atoms with Crippen molar-refractivity contribution in [2.45, 2.75) is 25.2 Å². The van der Waals surface area contributed by atoms with Gasteiger partial charge < -0.3 is 9.47 Å². The summed E-state index contributed by atoms with van der Waals surface area (Å²) in [5, 5.41) is 2.48. The standard InChI is InChI=1S/C18H22N2O5S/c1-4-13-6-8-14(9-7-13)20-26(22,23)15-10-11-17(24-3)16(12-15)19-18(21)25-5-2/h6-12,20H,4-5H2,1-3H3,(H,19,21). The Morgan fingerprint density at radius 2 is 1.77 bits per heavy atom. The first kappa shape index (κ1) is 19.6. The maximum atomic E-state index is 12.6. The number of amides is 1. The Morgan fingerprint density at radius 3 is 2.35 bits per heavy atom. The first-order valence-electron chi connectivity index (χ1n) is 8.13. The molecule has 8 heteroatoms. The zero-order valence-electron chi connectivity index (χ0n) is 14.9. The molecule has 2 aromatic carbocycles. The number of anilines is 2. The van der Waals surface area contributed by atoms with Gasteiger partial charge >= 0.3 is 6.09 Å². The van der Waals surface area contributed by atoms with E-state index in [1.807, 2.05) is 19.1 Å². The zero-order chi connectivity index (χ0) is 19.2. The van der Waals surface area contributed by atoms with Crippen LogP contribution in [0.4, 0.5) is 16.2 Å². The second-order valence-corrected chi connectivity index (χ2v) is 7.05. The molecule has 2 N–H and O–H groups in total. The lowest BCUT2D eigenvalue weighted by molar-refractivity contribution is 0.168. The molecule has 0 radical (unpaired) electrons. The lowest BCUT2D eigenvalue weighted by Crippen LogP contribution is -2.16. The number of hydrogen-bond acceptors (Lipinski definition) is 5. The fourth-order valence-electron chi connectivity index (χ4n) is 2.25. The second kappa shape index (κ2) is 8.57. The number of aryl methyl sites for hydroxylation is 1. The first-order valence-corrected chi connectivity index (χ1v) is 9.61. The van der Waals surface area contributed by atoms with Gasteiger partial charge in [-0.25, -0.2) is 13.2 Å². The molecule has 7 nitrogen and oxygen atoms in total. The molecule has 140 valence electrons. The van der Waals surface area contributed by atoms with Crippen LogP contribution in [-0.2, 0) is 21.2 Å². The Morgan fingerprint density at radius 1 is 1.08 bits per heavy atom. The molecule has 0 aliphatic heterocycles. The largest absolute Gasteiger partial charge is 0.495 e. The quantitative estimate of drug-likeness (QED) is 0.767. The average Bonchev–Trinajstić information content (AvgIpc) is 2.62. The number of hydrogen-bond donors (Lipinski definition) is 2. The summed E-state index contributed by atoms with van der Waals surface area (Å²) in [5.41, 5.74) is 1.77. The van der Waals surface area contributed by atoms with Crippen LogP contribution in [0, 0.1) is 0 Å². The minimum absolute atomic E-state index is 0.00957. The van der Waals surface area contributed by atoms with Gasteiger partial charge in [-0.2, -0.15) is 0 Å². The van der Waals surface area contributed by atoms with E-state index in [-0.39, 0.29) is 17.2 Å². The number of rotatable bonds is 7. The Hall–Kier alpha value is -2.74. The van der Waals surface area contributed by atoms with Crippen molar-refractivity contribution in [3.8, 4) is 5.75 Å². The summed E-state index contributed by atoms with van der Waals surface area (Å²) in [7, 11) is -2.40. The molecule has 0 bridgehead atoms. The Bertz CT molecular complexity index is 864. The van der Waals surface area contributed by atoms with E-state index in [4.69, 9.17) is 9.47 Å². The summed E-state index contributed by atoms with van der Waals surface area (Å²) in [6, 6.07) is 11.3. The van der Waals surface area contributed by atoms with Crippen molar-refractivity contribution < 1.29 is 22.7 Å². The Kier molecular flexibility index (Phi) is 6.46. The van der Waals surface area contributed by atoms with Crippen molar-refractivity contribution in [2.75, 3.05) is 23.8 Å². The SMILES string of the molecule is CCOC(=O)Nc1cc(S(=O)(=O)Nc2ccc(CC)cc2)ccc1OC. The Labute approximate surface area is 153 Å². The third kappa shape index (κ3) is 4.89. The monoisotopic (exact) mass is 378 g/mol. The highest BCUT2D eigenvalue weighted by atomic mass is 32.2. The highest BCUT2D eigenvalue weighted by Crippen LogP contribution is 2.28. The van der Waals surface area contributed by atoms with E-state index in [1.165, 1.54) is 25.3 Å². The number of sulfonamides is 1. The lowest BCUT2D eigenvalue weighted by atomic mass is 10.2. The summed E-state index contributed by atoms with van der Waals surface area (Å²) < 4.78 is 37.7. The van der Waals surface area contributed by atoms with E-state index in [0.717, 1.165) is 12.0 Å². The van der Waals surface area contributed by atoms with Gasteiger partial charge in [-0.15, -0.1) is 0 Å². The predicted octanol–water partition coefficient (Wildman–Crippen LogP) is 3.63. The van der Waals surface area contributed by atoms with Crippen molar-refractivity contribution in [3.05, 3.63) is 48.0 Å². The van der Waals surface area contributed by atoms with Crippen LogP contribution in [0.5, 0.6) is 5.75 Å². The number of ether oxygens (including phenoxy) is 2. The van der Waals surface area contributed by atoms with Crippen LogP contribution >= 0.6 is 0 Å². The van der Waals surface area contributed by atoms with E-state index < -0.39 is 16.1 Å². The molecular formula is C18H22N2O5S. The van der Waals surface area contributed by atoms with Gasteiger partial charge in [0.25, 0.3) is 10.0 Å².